The normalized spacial score (nSPS) is 34.1. The highest BCUT2D eigenvalue weighted by molar-refractivity contribution is 5.92. The molecule has 5 heteroatoms. The lowest BCUT2D eigenvalue weighted by atomic mass is 9.61. The molecule has 0 bridgehead atoms. The number of epoxide rings is 1. The molecule has 0 amide bonds. The molecule has 1 aliphatic heterocycles. The van der Waals surface area contributed by atoms with E-state index in [0.717, 1.165) is 11.1 Å². The molecule has 0 N–H and O–H groups in total. The van der Waals surface area contributed by atoms with E-state index in [1.807, 2.05) is 38.1 Å². The average molecular weight is 318 g/mol. The van der Waals surface area contributed by atoms with Crippen LogP contribution in [0.2, 0.25) is 0 Å². The first-order valence-corrected chi connectivity index (χ1v) is 8.02. The summed E-state index contributed by atoms with van der Waals surface area (Å²) < 4.78 is 16.4. The Morgan fingerprint density at radius 2 is 1.35 bits per heavy atom. The highest BCUT2D eigenvalue weighted by Crippen LogP contribution is 2.57. The molecule has 0 spiro atoms. The van der Waals surface area contributed by atoms with Gasteiger partial charge < -0.3 is 14.2 Å². The number of ether oxygens (including phenoxy) is 3. The van der Waals surface area contributed by atoms with E-state index in [9.17, 15) is 9.59 Å². The van der Waals surface area contributed by atoms with Crippen LogP contribution in [0.5, 0.6) is 0 Å². The highest BCUT2D eigenvalue weighted by Gasteiger charge is 2.71. The van der Waals surface area contributed by atoms with Gasteiger partial charge in [-0.25, -0.2) is 0 Å². The molecule has 0 aromatic heterocycles. The van der Waals surface area contributed by atoms with Gasteiger partial charge in [0.1, 0.15) is 23.0 Å². The standard InChI is InChI=1S/C18H22O5/c1-5-21-15(19)17(3)11-9-7-8-10-12(11)18(4,14-13(17)23-14)16(20)22-6-2/h7-10,13-14H,5-6H2,1-4H3/t13-,14+,17-,18-/m0/s1. The summed E-state index contributed by atoms with van der Waals surface area (Å²) in [5.74, 6) is -0.628. The predicted octanol–water partition coefficient (Wildman–Crippen LogP) is 2.11. The minimum Gasteiger partial charge on any atom is -0.465 e. The fourth-order valence-corrected chi connectivity index (χ4v) is 3.70. The van der Waals surface area contributed by atoms with Crippen molar-refractivity contribution in [1.82, 2.24) is 0 Å². The van der Waals surface area contributed by atoms with Crippen molar-refractivity contribution in [2.24, 2.45) is 0 Å². The van der Waals surface area contributed by atoms with Crippen LogP contribution in [0.25, 0.3) is 0 Å². The molecule has 2 aliphatic rings. The van der Waals surface area contributed by atoms with Gasteiger partial charge in [-0.15, -0.1) is 0 Å². The maximum Gasteiger partial charge on any atom is 0.319 e. The molecule has 5 nitrogen and oxygen atoms in total. The monoisotopic (exact) mass is 318 g/mol. The third-order valence-electron chi connectivity index (χ3n) is 5.07. The molecule has 0 unspecified atom stereocenters. The molecule has 1 fully saturated rings. The summed E-state index contributed by atoms with van der Waals surface area (Å²) in [5.41, 5.74) is -0.229. The van der Waals surface area contributed by atoms with E-state index < -0.39 is 10.8 Å². The van der Waals surface area contributed by atoms with Gasteiger partial charge in [0.25, 0.3) is 0 Å². The lowest BCUT2D eigenvalue weighted by molar-refractivity contribution is -0.153. The zero-order valence-electron chi connectivity index (χ0n) is 13.9. The first kappa shape index (κ1) is 16.0. The first-order valence-electron chi connectivity index (χ1n) is 8.02. The largest absolute Gasteiger partial charge is 0.465 e. The van der Waals surface area contributed by atoms with E-state index in [1.54, 1.807) is 13.8 Å². The van der Waals surface area contributed by atoms with Crippen molar-refractivity contribution in [3.8, 4) is 0 Å². The molecule has 3 rings (SSSR count). The average Bonchev–Trinajstić information content (AvgIpc) is 3.35. The van der Waals surface area contributed by atoms with E-state index in [0.29, 0.717) is 13.2 Å². The number of rotatable bonds is 4. The second-order valence-electron chi connectivity index (χ2n) is 6.37. The van der Waals surface area contributed by atoms with Gasteiger partial charge in [-0.2, -0.15) is 0 Å². The second-order valence-corrected chi connectivity index (χ2v) is 6.37. The van der Waals surface area contributed by atoms with Gasteiger partial charge in [0.2, 0.25) is 0 Å². The molecule has 124 valence electrons. The molecule has 23 heavy (non-hydrogen) atoms. The Hall–Kier alpha value is -1.88. The van der Waals surface area contributed by atoms with Crippen LogP contribution in [0.3, 0.4) is 0 Å². The Kier molecular flexibility index (Phi) is 3.71. The third kappa shape index (κ3) is 2.02. The lowest BCUT2D eigenvalue weighted by Gasteiger charge is -2.38. The Balaban J connectivity index is 2.14. The minimum absolute atomic E-state index is 0.309. The molecule has 4 atom stereocenters. The lowest BCUT2D eigenvalue weighted by Crippen LogP contribution is -2.52. The van der Waals surface area contributed by atoms with Crippen molar-refractivity contribution in [2.75, 3.05) is 13.2 Å². The Bertz CT molecular complexity index is 600. The summed E-state index contributed by atoms with van der Waals surface area (Å²) in [6.45, 7) is 7.85. The highest BCUT2D eigenvalue weighted by atomic mass is 16.6. The first-order chi connectivity index (χ1) is 10.9. The van der Waals surface area contributed by atoms with Crippen molar-refractivity contribution in [3.63, 3.8) is 0 Å². The predicted molar refractivity (Wildman–Crippen MR) is 83.1 cm³/mol. The number of hydrogen-bond acceptors (Lipinski definition) is 5. The second kappa shape index (κ2) is 5.34. The maximum absolute atomic E-state index is 12.6. The number of carbonyl (C=O) groups excluding carboxylic acids is 2. The van der Waals surface area contributed by atoms with Gasteiger partial charge in [0.05, 0.1) is 13.2 Å². The molecule has 0 radical (unpaired) electrons. The fraction of sp³-hybridized carbons (Fsp3) is 0.556. The summed E-state index contributed by atoms with van der Waals surface area (Å²) >= 11 is 0. The Morgan fingerprint density at radius 1 is 0.957 bits per heavy atom. The molecular weight excluding hydrogens is 296 g/mol. The van der Waals surface area contributed by atoms with Gasteiger partial charge >= 0.3 is 11.9 Å². The summed E-state index contributed by atoms with van der Waals surface area (Å²) in [6.07, 6.45) is -0.739. The summed E-state index contributed by atoms with van der Waals surface area (Å²) in [6, 6.07) is 7.48. The number of fused-ring (bicyclic) bond motifs is 2. The van der Waals surface area contributed by atoms with Gasteiger partial charge in [0.15, 0.2) is 0 Å². The zero-order chi connectivity index (χ0) is 16.8. The molecule has 0 saturated carbocycles. The summed E-state index contributed by atoms with van der Waals surface area (Å²) in [5, 5.41) is 0. The van der Waals surface area contributed by atoms with Gasteiger partial charge in [-0.3, -0.25) is 9.59 Å². The van der Waals surface area contributed by atoms with Crippen LogP contribution < -0.4 is 0 Å². The van der Waals surface area contributed by atoms with Crippen LogP contribution in [0.4, 0.5) is 0 Å². The van der Waals surface area contributed by atoms with E-state index in [1.165, 1.54) is 0 Å². The van der Waals surface area contributed by atoms with Crippen LogP contribution in [0.1, 0.15) is 38.8 Å². The van der Waals surface area contributed by atoms with Crippen LogP contribution in [0.15, 0.2) is 24.3 Å². The molecule has 1 aromatic carbocycles. The zero-order valence-corrected chi connectivity index (χ0v) is 13.9. The number of carbonyl (C=O) groups is 2. The summed E-state index contributed by atoms with van der Waals surface area (Å²) in [4.78, 5) is 25.2. The summed E-state index contributed by atoms with van der Waals surface area (Å²) in [7, 11) is 0. The van der Waals surface area contributed by atoms with Crippen LogP contribution in [0, 0.1) is 0 Å². The number of benzene rings is 1. The molecular formula is C18H22O5. The van der Waals surface area contributed by atoms with Crippen LogP contribution in [-0.2, 0) is 34.6 Å². The molecule has 1 aromatic rings. The SMILES string of the molecule is CCOC(=O)[C@@]1(C)c2ccccc2[C@](C)(C(=O)OCC)[C@H]2O[C@H]21. The van der Waals surface area contributed by atoms with Crippen LogP contribution in [-0.4, -0.2) is 37.4 Å². The van der Waals surface area contributed by atoms with E-state index >= 15 is 0 Å². The van der Waals surface area contributed by atoms with E-state index in [2.05, 4.69) is 0 Å². The van der Waals surface area contributed by atoms with Crippen molar-refractivity contribution >= 4 is 11.9 Å². The van der Waals surface area contributed by atoms with Crippen molar-refractivity contribution in [3.05, 3.63) is 35.4 Å². The number of hydrogen-bond donors (Lipinski definition) is 0. The fourth-order valence-electron chi connectivity index (χ4n) is 3.70. The molecule has 1 heterocycles. The minimum atomic E-state index is -0.900. The molecule has 1 aliphatic carbocycles. The van der Waals surface area contributed by atoms with Crippen molar-refractivity contribution in [2.45, 2.75) is 50.7 Å². The van der Waals surface area contributed by atoms with Crippen molar-refractivity contribution in [1.29, 1.82) is 0 Å². The number of esters is 2. The van der Waals surface area contributed by atoms with Gasteiger partial charge in [-0.05, 0) is 38.8 Å². The Labute approximate surface area is 135 Å². The van der Waals surface area contributed by atoms with Gasteiger partial charge in [-0.1, -0.05) is 24.3 Å². The smallest absolute Gasteiger partial charge is 0.319 e. The maximum atomic E-state index is 12.6. The molecule has 1 saturated heterocycles. The third-order valence-corrected chi connectivity index (χ3v) is 5.07. The quantitative estimate of drug-likeness (QED) is 0.628. The van der Waals surface area contributed by atoms with Crippen molar-refractivity contribution < 1.29 is 23.8 Å². The van der Waals surface area contributed by atoms with E-state index in [-0.39, 0.29) is 24.1 Å². The van der Waals surface area contributed by atoms with Gasteiger partial charge in [0, 0.05) is 0 Å². The Morgan fingerprint density at radius 3 is 1.70 bits per heavy atom. The topological polar surface area (TPSA) is 65.1 Å². The van der Waals surface area contributed by atoms with Crippen LogP contribution >= 0.6 is 0 Å². The van der Waals surface area contributed by atoms with E-state index in [4.69, 9.17) is 14.2 Å².